The van der Waals surface area contributed by atoms with Crippen LogP contribution in [0.3, 0.4) is 0 Å². The summed E-state index contributed by atoms with van der Waals surface area (Å²) in [5.41, 5.74) is 1.35. The second kappa shape index (κ2) is 10.7. The number of carbonyl (C=O) groups is 2. The number of nitriles is 1. The fourth-order valence-electron chi connectivity index (χ4n) is 2.58. The van der Waals surface area contributed by atoms with Gasteiger partial charge in [0.15, 0.2) is 11.5 Å². The van der Waals surface area contributed by atoms with Crippen molar-refractivity contribution < 1.29 is 9.59 Å². The number of rotatable bonds is 10. The van der Waals surface area contributed by atoms with E-state index in [1.54, 1.807) is 12.1 Å². The minimum Gasteiger partial charge on any atom is -0.370 e. The lowest BCUT2D eigenvalue weighted by molar-refractivity contribution is -0.116. The van der Waals surface area contributed by atoms with E-state index in [0.29, 0.717) is 30.9 Å². The van der Waals surface area contributed by atoms with Gasteiger partial charge in [-0.25, -0.2) is 4.98 Å². The summed E-state index contributed by atoms with van der Waals surface area (Å²) in [4.78, 5) is 27.9. The second-order valence-corrected chi connectivity index (χ2v) is 6.18. The van der Waals surface area contributed by atoms with Gasteiger partial charge in [0, 0.05) is 24.9 Å². The minimum atomic E-state index is -0.125. The molecule has 140 valence electrons. The van der Waals surface area contributed by atoms with Crippen molar-refractivity contribution in [2.45, 2.75) is 39.0 Å². The molecule has 0 bridgehead atoms. The Labute approximate surface area is 159 Å². The van der Waals surface area contributed by atoms with Crippen molar-refractivity contribution in [3.05, 3.63) is 53.7 Å². The van der Waals surface area contributed by atoms with Gasteiger partial charge in [-0.2, -0.15) is 5.26 Å². The lowest BCUT2D eigenvalue weighted by atomic mass is 10.1. The molecule has 2 rings (SSSR count). The molecule has 1 amide bonds. The standard InChI is InChI=1S/C21H24N4O2/c1-2-8-21(27)25-17-12-13-20(24-18(17)15-22)23-14-7-6-11-19(26)16-9-4-3-5-10-16/h3-5,9-10,12-13H,2,6-8,11,14H2,1H3,(H,23,24)(H,25,27). The highest BCUT2D eigenvalue weighted by Gasteiger charge is 2.09. The molecular weight excluding hydrogens is 340 g/mol. The molecule has 0 radical (unpaired) electrons. The van der Waals surface area contributed by atoms with Crippen LogP contribution in [0.4, 0.5) is 11.5 Å². The summed E-state index contributed by atoms with van der Waals surface area (Å²) >= 11 is 0. The molecule has 0 atom stereocenters. The molecule has 0 saturated heterocycles. The van der Waals surface area contributed by atoms with Crippen LogP contribution in [-0.4, -0.2) is 23.2 Å². The van der Waals surface area contributed by atoms with Gasteiger partial charge in [0.05, 0.1) is 5.69 Å². The third-order valence-electron chi connectivity index (χ3n) is 3.98. The maximum Gasteiger partial charge on any atom is 0.224 e. The first-order chi connectivity index (χ1) is 13.1. The van der Waals surface area contributed by atoms with E-state index in [0.717, 1.165) is 24.8 Å². The Morgan fingerprint density at radius 1 is 1.07 bits per heavy atom. The maximum absolute atomic E-state index is 12.0. The van der Waals surface area contributed by atoms with E-state index in [1.165, 1.54) is 0 Å². The molecule has 1 aromatic heterocycles. The number of hydrogen-bond acceptors (Lipinski definition) is 5. The van der Waals surface area contributed by atoms with Crippen molar-refractivity contribution in [1.82, 2.24) is 4.98 Å². The highest BCUT2D eigenvalue weighted by atomic mass is 16.1. The zero-order valence-corrected chi connectivity index (χ0v) is 15.5. The van der Waals surface area contributed by atoms with E-state index < -0.39 is 0 Å². The average Bonchev–Trinajstić information content (AvgIpc) is 2.69. The Morgan fingerprint density at radius 2 is 1.85 bits per heavy atom. The molecule has 0 unspecified atom stereocenters. The zero-order chi connectivity index (χ0) is 19.5. The summed E-state index contributed by atoms with van der Waals surface area (Å²) in [6, 6.07) is 14.7. The van der Waals surface area contributed by atoms with Gasteiger partial charge in [0.2, 0.25) is 5.91 Å². The summed E-state index contributed by atoms with van der Waals surface area (Å²) in [6.45, 7) is 2.57. The number of amides is 1. The number of aromatic nitrogens is 1. The molecule has 0 aliphatic carbocycles. The quantitative estimate of drug-likeness (QED) is 0.488. The molecule has 6 nitrogen and oxygen atoms in total. The molecule has 6 heteroatoms. The Kier molecular flexibility index (Phi) is 7.98. The summed E-state index contributed by atoms with van der Waals surface area (Å²) in [5.74, 6) is 0.599. The van der Waals surface area contributed by atoms with Crippen LogP contribution in [0.25, 0.3) is 0 Å². The van der Waals surface area contributed by atoms with E-state index in [2.05, 4.69) is 15.6 Å². The van der Waals surface area contributed by atoms with E-state index >= 15 is 0 Å². The number of pyridine rings is 1. The van der Waals surface area contributed by atoms with Crippen LogP contribution in [0.15, 0.2) is 42.5 Å². The first kappa shape index (κ1) is 20.1. The van der Waals surface area contributed by atoms with Crippen LogP contribution >= 0.6 is 0 Å². The fraction of sp³-hybridized carbons (Fsp3) is 0.333. The molecule has 1 heterocycles. The summed E-state index contributed by atoms with van der Waals surface area (Å²) in [5, 5.41) is 15.1. The lowest BCUT2D eigenvalue weighted by Gasteiger charge is -2.09. The van der Waals surface area contributed by atoms with Gasteiger partial charge in [0.1, 0.15) is 11.9 Å². The van der Waals surface area contributed by atoms with E-state index in [-0.39, 0.29) is 17.4 Å². The maximum atomic E-state index is 12.0. The fourth-order valence-corrected chi connectivity index (χ4v) is 2.58. The zero-order valence-electron chi connectivity index (χ0n) is 15.5. The number of nitrogens with zero attached hydrogens (tertiary/aromatic N) is 2. The number of benzene rings is 1. The van der Waals surface area contributed by atoms with Gasteiger partial charge in [-0.15, -0.1) is 0 Å². The van der Waals surface area contributed by atoms with Crippen LogP contribution in [0, 0.1) is 11.3 Å². The molecular formula is C21H24N4O2. The van der Waals surface area contributed by atoms with Gasteiger partial charge in [-0.3, -0.25) is 9.59 Å². The molecule has 2 N–H and O–H groups in total. The predicted molar refractivity (Wildman–Crippen MR) is 106 cm³/mol. The number of ketones is 1. The predicted octanol–water partition coefficient (Wildman–Crippen LogP) is 4.16. The van der Waals surface area contributed by atoms with Crippen LogP contribution in [0.2, 0.25) is 0 Å². The highest BCUT2D eigenvalue weighted by molar-refractivity contribution is 5.96. The third-order valence-corrected chi connectivity index (χ3v) is 3.98. The normalized spacial score (nSPS) is 10.1. The Morgan fingerprint density at radius 3 is 2.56 bits per heavy atom. The number of carbonyl (C=O) groups excluding carboxylic acids is 2. The molecule has 2 aromatic rings. The minimum absolute atomic E-state index is 0.125. The molecule has 0 saturated carbocycles. The average molecular weight is 364 g/mol. The van der Waals surface area contributed by atoms with Gasteiger partial charge in [0.25, 0.3) is 0 Å². The lowest BCUT2D eigenvalue weighted by Crippen LogP contribution is -2.13. The molecule has 27 heavy (non-hydrogen) atoms. The van der Waals surface area contributed by atoms with Crippen LogP contribution in [0.1, 0.15) is 55.1 Å². The Balaban J connectivity index is 1.78. The van der Waals surface area contributed by atoms with Crippen molar-refractivity contribution in [2.75, 3.05) is 17.2 Å². The molecule has 0 aliphatic heterocycles. The number of hydrogen-bond donors (Lipinski definition) is 2. The van der Waals surface area contributed by atoms with E-state index in [1.807, 2.05) is 43.3 Å². The Bertz CT molecular complexity index is 813. The van der Waals surface area contributed by atoms with Crippen LogP contribution in [0.5, 0.6) is 0 Å². The number of Topliss-reactive ketones (excluding diaryl/α,β-unsaturated/α-hetero) is 1. The highest BCUT2D eigenvalue weighted by Crippen LogP contribution is 2.16. The number of unbranched alkanes of at least 4 members (excludes halogenated alkanes) is 1. The second-order valence-electron chi connectivity index (χ2n) is 6.18. The SMILES string of the molecule is CCCC(=O)Nc1ccc(NCCCCC(=O)c2ccccc2)nc1C#N. The number of nitrogens with one attached hydrogen (secondary N) is 2. The van der Waals surface area contributed by atoms with Crippen LogP contribution in [-0.2, 0) is 4.79 Å². The number of anilines is 2. The monoisotopic (exact) mass is 364 g/mol. The van der Waals surface area contributed by atoms with Crippen molar-refractivity contribution in [1.29, 1.82) is 5.26 Å². The molecule has 0 aliphatic rings. The largest absolute Gasteiger partial charge is 0.370 e. The smallest absolute Gasteiger partial charge is 0.224 e. The van der Waals surface area contributed by atoms with Gasteiger partial charge in [-0.1, -0.05) is 37.3 Å². The third kappa shape index (κ3) is 6.55. The Hall–Kier alpha value is -3.20. The van der Waals surface area contributed by atoms with Crippen LogP contribution < -0.4 is 10.6 Å². The summed E-state index contributed by atoms with van der Waals surface area (Å²) in [6.07, 6.45) is 3.25. The first-order valence-corrected chi connectivity index (χ1v) is 9.17. The van der Waals surface area contributed by atoms with E-state index in [4.69, 9.17) is 0 Å². The summed E-state index contributed by atoms with van der Waals surface area (Å²) < 4.78 is 0. The molecule has 0 spiro atoms. The summed E-state index contributed by atoms with van der Waals surface area (Å²) in [7, 11) is 0. The van der Waals surface area contributed by atoms with Gasteiger partial charge < -0.3 is 10.6 Å². The molecule has 1 aromatic carbocycles. The van der Waals surface area contributed by atoms with E-state index in [9.17, 15) is 14.9 Å². The van der Waals surface area contributed by atoms with Crippen molar-refractivity contribution >= 4 is 23.2 Å². The first-order valence-electron chi connectivity index (χ1n) is 9.17. The van der Waals surface area contributed by atoms with Crippen molar-refractivity contribution in [3.8, 4) is 6.07 Å². The molecule has 0 fully saturated rings. The van der Waals surface area contributed by atoms with Crippen molar-refractivity contribution in [2.24, 2.45) is 0 Å². The van der Waals surface area contributed by atoms with Gasteiger partial charge in [-0.05, 0) is 31.4 Å². The van der Waals surface area contributed by atoms with Crippen molar-refractivity contribution in [3.63, 3.8) is 0 Å². The van der Waals surface area contributed by atoms with Gasteiger partial charge >= 0.3 is 0 Å². The topological polar surface area (TPSA) is 94.9 Å².